The molecular formula is C25H31Cl2NO3. The minimum Gasteiger partial charge on any atom is -0.457 e. The van der Waals surface area contributed by atoms with Gasteiger partial charge in [0.2, 0.25) is 5.78 Å². The number of nitrogens with zero attached hydrogens (tertiary/aromatic N) is 1. The molecule has 168 valence electrons. The highest BCUT2D eigenvalue weighted by molar-refractivity contribution is 6.42. The molecule has 31 heavy (non-hydrogen) atoms. The smallest absolute Gasteiger partial charge is 0.309 e. The van der Waals surface area contributed by atoms with Gasteiger partial charge in [0.1, 0.15) is 0 Å². The molecule has 0 atom stereocenters. The fourth-order valence-electron chi connectivity index (χ4n) is 4.59. The van der Waals surface area contributed by atoms with Gasteiger partial charge in [-0.1, -0.05) is 44.0 Å². The molecule has 0 bridgehead atoms. The number of esters is 1. The van der Waals surface area contributed by atoms with Crippen molar-refractivity contribution in [3.8, 4) is 5.69 Å². The first-order valence-electron chi connectivity index (χ1n) is 10.8. The maximum Gasteiger partial charge on any atom is 0.309 e. The summed E-state index contributed by atoms with van der Waals surface area (Å²) in [6, 6.07) is 7.18. The molecule has 1 heterocycles. The molecule has 4 nitrogen and oxygen atoms in total. The molecule has 0 unspecified atom stereocenters. The maximum atomic E-state index is 12.8. The lowest BCUT2D eigenvalue weighted by Gasteiger charge is -2.36. The largest absolute Gasteiger partial charge is 0.457 e. The normalized spacial score (nSPS) is 19.3. The SMILES string of the molecule is Cc1cc(C(=O)COC(=O)C2CCC(C(C)(C)C)CC2)c(C)n1-c1ccc(Cl)c(Cl)c1. The molecule has 1 fully saturated rings. The van der Waals surface area contributed by atoms with Gasteiger partial charge in [-0.25, -0.2) is 0 Å². The van der Waals surface area contributed by atoms with Crippen molar-refractivity contribution >= 4 is 35.0 Å². The summed E-state index contributed by atoms with van der Waals surface area (Å²) in [5.41, 5.74) is 3.32. The van der Waals surface area contributed by atoms with E-state index < -0.39 is 0 Å². The average Bonchev–Trinajstić information content (AvgIpc) is 3.01. The van der Waals surface area contributed by atoms with Gasteiger partial charge in [0, 0.05) is 22.6 Å². The van der Waals surface area contributed by atoms with Crippen LogP contribution >= 0.6 is 23.2 Å². The molecule has 3 rings (SSSR count). The second-order valence-corrected chi connectivity index (χ2v) is 10.5. The fraction of sp³-hybridized carbons (Fsp3) is 0.520. The Bertz CT molecular complexity index is 979. The highest BCUT2D eigenvalue weighted by Gasteiger charge is 2.33. The summed E-state index contributed by atoms with van der Waals surface area (Å²) in [5.74, 6) is 0.0788. The maximum absolute atomic E-state index is 12.8. The lowest BCUT2D eigenvalue weighted by molar-refractivity contribution is -0.149. The molecule has 6 heteroatoms. The van der Waals surface area contributed by atoms with Crippen molar-refractivity contribution in [3.05, 3.63) is 51.3 Å². The number of carbonyl (C=O) groups excluding carboxylic acids is 2. The number of ether oxygens (including phenoxy) is 1. The minimum atomic E-state index is -0.251. The van der Waals surface area contributed by atoms with E-state index in [1.165, 1.54) is 0 Å². The van der Waals surface area contributed by atoms with E-state index in [0.29, 0.717) is 21.5 Å². The molecule has 1 saturated carbocycles. The van der Waals surface area contributed by atoms with Crippen LogP contribution in [-0.2, 0) is 9.53 Å². The van der Waals surface area contributed by atoms with Crippen LogP contribution in [0.15, 0.2) is 24.3 Å². The summed E-state index contributed by atoms with van der Waals surface area (Å²) in [6.45, 7) is 10.3. The summed E-state index contributed by atoms with van der Waals surface area (Å²) in [4.78, 5) is 25.3. The Hall–Kier alpha value is -1.78. The molecule has 1 aromatic carbocycles. The van der Waals surface area contributed by atoms with E-state index in [0.717, 1.165) is 42.8 Å². The Morgan fingerprint density at radius 3 is 2.26 bits per heavy atom. The number of Topliss-reactive ketones (excluding diaryl/α,β-unsaturated/α-hetero) is 1. The lowest BCUT2D eigenvalue weighted by atomic mass is 9.70. The van der Waals surface area contributed by atoms with Gasteiger partial charge in [-0.2, -0.15) is 0 Å². The van der Waals surface area contributed by atoms with E-state index in [1.807, 2.05) is 30.5 Å². The molecule has 0 saturated heterocycles. The van der Waals surface area contributed by atoms with E-state index in [1.54, 1.807) is 12.1 Å². The van der Waals surface area contributed by atoms with E-state index >= 15 is 0 Å². The molecule has 0 amide bonds. The molecule has 0 spiro atoms. The number of rotatable bonds is 5. The molecule has 0 N–H and O–H groups in total. The first-order valence-corrected chi connectivity index (χ1v) is 11.6. The van der Waals surface area contributed by atoms with Crippen molar-refractivity contribution in [1.82, 2.24) is 4.57 Å². The second kappa shape index (κ2) is 9.38. The van der Waals surface area contributed by atoms with Gasteiger partial charge in [0.25, 0.3) is 0 Å². The first-order chi connectivity index (χ1) is 14.5. The van der Waals surface area contributed by atoms with Crippen LogP contribution in [0.4, 0.5) is 0 Å². The van der Waals surface area contributed by atoms with E-state index in [4.69, 9.17) is 27.9 Å². The van der Waals surface area contributed by atoms with Crippen molar-refractivity contribution in [2.24, 2.45) is 17.3 Å². The highest BCUT2D eigenvalue weighted by Crippen LogP contribution is 2.40. The average molecular weight is 464 g/mol. The van der Waals surface area contributed by atoms with Gasteiger partial charge in [0.05, 0.1) is 16.0 Å². The topological polar surface area (TPSA) is 48.3 Å². The van der Waals surface area contributed by atoms with Crippen molar-refractivity contribution in [3.63, 3.8) is 0 Å². The van der Waals surface area contributed by atoms with Crippen LogP contribution in [0.5, 0.6) is 0 Å². The molecule has 0 radical (unpaired) electrons. The van der Waals surface area contributed by atoms with Crippen molar-refractivity contribution in [2.45, 2.75) is 60.3 Å². The number of aryl methyl sites for hydroxylation is 1. The van der Waals surface area contributed by atoms with Gasteiger partial charge in [-0.05, 0) is 75.1 Å². The Morgan fingerprint density at radius 1 is 1.03 bits per heavy atom. The number of hydrogen-bond acceptors (Lipinski definition) is 3. The summed E-state index contributed by atoms with van der Waals surface area (Å²) in [7, 11) is 0. The van der Waals surface area contributed by atoms with Crippen LogP contribution in [0, 0.1) is 31.1 Å². The van der Waals surface area contributed by atoms with Crippen molar-refractivity contribution in [2.75, 3.05) is 6.61 Å². The van der Waals surface area contributed by atoms with Crippen molar-refractivity contribution in [1.29, 1.82) is 0 Å². The number of hydrogen-bond donors (Lipinski definition) is 0. The van der Waals surface area contributed by atoms with E-state index in [2.05, 4.69) is 20.8 Å². The highest BCUT2D eigenvalue weighted by atomic mass is 35.5. The molecule has 1 aliphatic carbocycles. The van der Waals surface area contributed by atoms with E-state index in [9.17, 15) is 9.59 Å². The Labute approximate surface area is 194 Å². The Morgan fingerprint density at radius 2 is 1.68 bits per heavy atom. The van der Waals surface area contributed by atoms with E-state index in [-0.39, 0.29) is 29.7 Å². The third-order valence-corrected chi connectivity index (χ3v) is 7.26. The molecule has 1 aromatic heterocycles. The Balaban J connectivity index is 1.64. The van der Waals surface area contributed by atoms with Gasteiger partial charge in [-0.3, -0.25) is 9.59 Å². The second-order valence-electron chi connectivity index (χ2n) is 9.66. The van der Waals surface area contributed by atoms with Crippen LogP contribution in [0.2, 0.25) is 10.0 Å². The molecular weight excluding hydrogens is 433 g/mol. The predicted molar refractivity (Wildman–Crippen MR) is 125 cm³/mol. The monoisotopic (exact) mass is 463 g/mol. The predicted octanol–water partition coefficient (Wildman–Crippen LogP) is 6.98. The van der Waals surface area contributed by atoms with Crippen LogP contribution < -0.4 is 0 Å². The summed E-state index contributed by atoms with van der Waals surface area (Å²) < 4.78 is 7.38. The van der Waals surface area contributed by atoms with Gasteiger partial charge >= 0.3 is 5.97 Å². The fourth-order valence-corrected chi connectivity index (χ4v) is 4.89. The zero-order chi connectivity index (χ0) is 22.9. The standard InChI is InChI=1S/C25H31Cl2NO3/c1-15-12-20(16(2)28(15)19-10-11-21(26)22(27)13-19)23(29)14-31-24(30)17-6-8-18(9-7-17)25(3,4)5/h10-13,17-18H,6-9,14H2,1-5H3. The number of carbonyl (C=O) groups is 2. The Kier molecular flexibility index (Phi) is 7.22. The zero-order valence-electron chi connectivity index (χ0n) is 18.9. The number of halogens is 2. The summed E-state index contributed by atoms with van der Waals surface area (Å²) in [5, 5.41) is 0.933. The third kappa shape index (κ3) is 5.35. The molecule has 2 aromatic rings. The summed E-state index contributed by atoms with van der Waals surface area (Å²) in [6.07, 6.45) is 3.73. The van der Waals surface area contributed by atoms with Crippen LogP contribution in [0.1, 0.15) is 68.2 Å². The van der Waals surface area contributed by atoms with Gasteiger partial charge in [-0.15, -0.1) is 0 Å². The van der Waals surface area contributed by atoms with Gasteiger partial charge < -0.3 is 9.30 Å². The number of benzene rings is 1. The summed E-state index contributed by atoms with van der Waals surface area (Å²) >= 11 is 12.2. The minimum absolute atomic E-state index is 0.102. The third-order valence-electron chi connectivity index (χ3n) is 6.52. The quantitative estimate of drug-likeness (QED) is 0.354. The molecule has 0 aliphatic heterocycles. The number of aromatic nitrogens is 1. The van der Waals surface area contributed by atoms with Crippen LogP contribution in [-0.4, -0.2) is 22.9 Å². The van der Waals surface area contributed by atoms with Crippen LogP contribution in [0.25, 0.3) is 5.69 Å². The van der Waals surface area contributed by atoms with Gasteiger partial charge in [0.15, 0.2) is 6.61 Å². The van der Waals surface area contributed by atoms with Crippen LogP contribution in [0.3, 0.4) is 0 Å². The number of ketones is 1. The molecule has 1 aliphatic rings. The zero-order valence-corrected chi connectivity index (χ0v) is 20.4. The lowest BCUT2D eigenvalue weighted by Crippen LogP contribution is -2.30. The van der Waals surface area contributed by atoms with Crippen molar-refractivity contribution < 1.29 is 14.3 Å². The first kappa shape index (κ1) is 23.9.